The molecular weight excluding hydrogens is 250 g/mol. The van der Waals surface area contributed by atoms with Crippen LogP contribution >= 0.6 is 0 Å². The van der Waals surface area contributed by atoms with Crippen LogP contribution < -0.4 is 11.1 Å². The summed E-state index contributed by atoms with van der Waals surface area (Å²) in [5, 5.41) is 3.08. The zero-order valence-corrected chi connectivity index (χ0v) is 11.5. The van der Waals surface area contributed by atoms with Crippen molar-refractivity contribution >= 4 is 15.7 Å². The SMILES string of the molecule is CS(=O)(=O)c1cccnc1NCCCCCCN. The van der Waals surface area contributed by atoms with Crippen LogP contribution in [0, 0.1) is 0 Å². The van der Waals surface area contributed by atoms with Gasteiger partial charge in [0.2, 0.25) is 0 Å². The van der Waals surface area contributed by atoms with Crippen LogP contribution in [-0.4, -0.2) is 32.7 Å². The van der Waals surface area contributed by atoms with Crippen molar-refractivity contribution in [3.8, 4) is 0 Å². The molecule has 0 saturated carbocycles. The van der Waals surface area contributed by atoms with Gasteiger partial charge in [-0.2, -0.15) is 0 Å². The number of aromatic nitrogens is 1. The minimum absolute atomic E-state index is 0.256. The number of pyridine rings is 1. The smallest absolute Gasteiger partial charge is 0.179 e. The quantitative estimate of drug-likeness (QED) is 0.698. The fraction of sp³-hybridized carbons (Fsp3) is 0.583. The summed E-state index contributed by atoms with van der Waals surface area (Å²) < 4.78 is 23.1. The molecule has 0 aromatic carbocycles. The number of sulfone groups is 1. The molecule has 0 amide bonds. The minimum atomic E-state index is -3.23. The predicted octanol–water partition coefficient (Wildman–Crippen LogP) is 1.42. The van der Waals surface area contributed by atoms with Crippen LogP contribution in [0.15, 0.2) is 23.2 Å². The lowest BCUT2D eigenvalue weighted by Crippen LogP contribution is -2.09. The number of unbranched alkanes of at least 4 members (excludes halogenated alkanes) is 3. The Morgan fingerprint density at radius 1 is 1.28 bits per heavy atom. The van der Waals surface area contributed by atoms with Crippen LogP contribution in [0.2, 0.25) is 0 Å². The fourth-order valence-corrected chi connectivity index (χ4v) is 2.45. The van der Waals surface area contributed by atoms with E-state index < -0.39 is 9.84 Å². The third kappa shape index (κ3) is 5.01. The maximum Gasteiger partial charge on any atom is 0.179 e. The maximum atomic E-state index is 11.5. The number of nitrogens with two attached hydrogens (primary N) is 1. The molecule has 0 radical (unpaired) electrons. The summed E-state index contributed by atoms with van der Waals surface area (Å²) in [6, 6.07) is 3.20. The molecular formula is C12H21N3O2S. The zero-order valence-electron chi connectivity index (χ0n) is 10.7. The first-order valence-electron chi connectivity index (χ1n) is 6.14. The van der Waals surface area contributed by atoms with E-state index in [-0.39, 0.29) is 4.90 Å². The highest BCUT2D eigenvalue weighted by Gasteiger charge is 2.12. The Balaban J connectivity index is 2.48. The lowest BCUT2D eigenvalue weighted by molar-refractivity contribution is 0.601. The summed E-state index contributed by atoms with van der Waals surface area (Å²) in [4.78, 5) is 4.33. The van der Waals surface area contributed by atoms with Crippen molar-refractivity contribution in [2.24, 2.45) is 5.73 Å². The summed E-state index contributed by atoms with van der Waals surface area (Å²) in [5.41, 5.74) is 5.41. The molecule has 0 saturated heterocycles. The maximum absolute atomic E-state index is 11.5. The number of nitrogens with one attached hydrogen (secondary N) is 1. The van der Waals surface area contributed by atoms with Crippen molar-refractivity contribution in [2.45, 2.75) is 30.6 Å². The first-order valence-corrected chi connectivity index (χ1v) is 8.04. The van der Waals surface area contributed by atoms with Crippen molar-refractivity contribution in [3.63, 3.8) is 0 Å². The van der Waals surface area contributed by atoms with Gasteiger partial charge in [0.05, 0.1) is 0 Å². The van der Waals surface area contributed by atoms with Gasteiger partial charge in [0.25, 0.3) is 0 Å². The minimum Gasteiger partial charge on any atom is -0.369 e. The van der Waals surface area contributed by atoms with E-state index in [0.717, 1.165) is 38.8 Å². The van der Waals surface area contributed by atoms with Gasteiger partial charge in [-0.1, -0.05) is 12.8 Å². The molecule has 1 aromatic rings. The van der Waals surface area contributed by atoms with Crippen LogP contribution in [0.3, 0.4) is 0 Å². The van der Waals surface area contributed by atoms with E-state index in [9.17, 15) is 8.42 Å². The fourth-order valence-electron chi connectivity index (χ4n) is 1.65. The third-order valence-electron chi connectivity index (χ3n) is 2.59. The second-order valence-electron chi connectivity index (χ2n) is 4.25. The second-order valence-corrected chi connectivity index (χ2v) is 6.24. The first-order chi connectivity index (χ1) is 8.55. The van der Waals surface area contributed by atoms with E-state index in [1.54, 1.807) is 18.3 Å². The predicted molar refractivity (Wildman–Crippen MR) is 73.4 cm³/mol. The molecule has 1 rings (SSSR count). The summed E-state index contributed by atoms with van der Waals surface area (Å²) in [5.74, 6) is 0.443. The molecule has 0 fully saturated rings. The number of rotatable bonds is 8. The Kier molecular flexibility index (Phi) is 6.07. The summed E-state index contributed by atoms with van der Waals surface area (Å²) >= 11 is 0. The normalized spacial score (nSPS) is 11.4. The van der Waals surface area contributed by atoms with E-state index in [4.69, 9.17) is 5.73 Å². The van der Waals surface area contributed by atoms with Gasteiger partial charge in [-0.15, -0.1) is 0 Å². The van der Waals surface area contributed by atoms with Gasteiger partial charge in [-0.3, -0.25) is 0 Å². The molecule has 0 bridgehead atoms. The Morgan fingerprint density at radius 3 is 2.67 bits per heavy atom. The molecule has 6 heteroatoms. The average Bonchev–Trinajstić information content (AvgIpc) is 2.33. The molecule has 1 heterocycles. The van der Waals surface area contributed by atoms with Gasteiger partial charge >= 0.3 is 0 Å². The van der Waals surface area contributed by atoms with Crippen molar-refractivity contribution in [2.75, 3.05) is 24.7 Å². The van der Waals surface area contributed by atoms with Gasteiger partial charge in [-0.05, 0) is 31.5 Å². The highest BCUT2D eigenvalue weighted by molar-refractivity contribution is 7.90. The van der Waals surface area contributed by atoms with Gasteiger partial charge < -0.3 is 11.1 Å². The van der Waals surface area contributed by atoms with E-state index in [0.29, 0.717) is 5.82 Å². The van der Waals surface area contributed by atoms with Crippen LogP contribution in [0.25, 0.3) is 0 Å². The second kappa shape index (κ2) is 7.33. The zero-order chi connectivity index (χ0) is 13.4. The Bertz CT molecular complexity index is 460. The number of hydrogen-bond acceptors (Lipinski definition) is 5. The molecule has 0 unspecified atom stereocenters. The van der Waals surface area contributed by atoms with E-state index in [1.165, 1.54) is 6.26 Å². The van der Waals surface area contributed by atoms with Crippen molar-refractivity contribution in [3.05, 3.63) is 18.3 Å². The molecule has 5 nitrogen and oxygen atoms in total. The highest BCUT2D eigenvalue weighted by Crippen LogP contribution is 2.17. The van der Waals surface area contributed by atoms with Crippen LogP contribution in [0.5, 0.6) is 0 Å². The first kappa shape index (κ1) is 14.9. The lowest BCUT2D eigenvalue weighted by Gasteiger charge is -2.09. The van der Waals surface area contributed by atoms with Crippen LogP contribution in [-0.2, 0) is 9.84 Å². The molecule has 0 aliphatic rings. The van der Waals surface area contributed by atoms with Crippen molar-refractivity contribution in [1.82, 2.24) is 4.98 Å². The van der Waals surface area contributed by atoms with E-state index in [2.05, 4.69) is 10.3 Å². The molecule has 102 valence electrons. The van der Waals surface area contributed by atoms with Crippen LogP contribution in [0.1, 0.15) is 25.7 Å². The number of nitrogens with zero attached hydrogens (tertiary/aromatic N) is 1. The summed E-state index contributed by atoms with van der Waals surface area (Å²) in [7, 11) is -3.23. The van der Waals surface area contributed by atoms with Gasteiger partial charge in [0.1, 0.15) is 10.7 Å². The standard InChI is InChI=1S/C12H21N3O2S/c1-18(16,17)11-7-6-10-15-12(11)14-9-5-3-2-4-8-13/h6-7,10H,2-5,8-9,13H2,1H3,(H,14,15). The average molecular weight is 271 g/mol. The van der Waals surface area contributed by atoms with E-state index >= 15 is 0 Å². The van der Waals surface area contributed by atoms with Gasteiger partial charge in [-0.25, -0.2) is 13.4 Å². The molecule has 0 atom stereocenters. The molecule has 0 spiro atoms. The van der Waals surface area contributed by atoms with Gasteiger partial charge in [0, 0.05) is 19.0 Å². The molecule has 1 aromatic heterocycles. The molecule has 18 heavy (non-hydrogen) atoms. The summed E-state index contributed by atoms with van der Waals surface area (Å²) in [6.45, 7) is 1.45. The monoisotopic (exact) mass is 271 g/mol. The molecule has 3 N–H and O–H groups in total. The van der Waals surface area contributed by atoms with Crippen molar-refractivity contribution < 1.29 is 8.42 Å². The number of anilines is 1. The molecule has 0 aliphatic carbocycles. The Labute approximate surface area is 109 Å². The largest absolute Gasteiger partial charge is 0.369 e. The Hall–Kier alpha value is -1.14. The number of hydrogen-bond donors (Lipinski definition) is 2. The summed E-state index contributed by atoms with van der Waals surface area (Å²) in [6.07, 6.45) is 7.00. The van der Waals surface area contributed by atoms with Crippen LogP contribution in [0.4, 0.5) is 5.82 Å². The molecule has 0 aliphatic heterocycles. The third-order valence-corrected chi connectivity index (χ3v) is 3.72. The highest BCUT2D eigenvalue weighted by atomic mass is 32.2. The van der Waals surface area contributed by atoms with Crippen molar-refractivity contribution in [1.29, 1.82) is 0 Å². The topological polar surface area (TPSA) is 85.1 Å². The van der Waals surface area contributed by atoms with Gasteiger partial charge in [0.15, 0.2) is 9.84 Å². The Morgan fingerprint density at radius 2 is 2.00 bits per heavy atom. The van der Waals surface area contributed by atoms with E-state index in [1.807, 2.05) is 0 Å². The lowest BCUT2D eigenvalue weighted by atomic mass is 10.2.